The summed E-state index contributed by atoms with van der Waals surface area (Å²) in [4.78, 5) is 0. The Labute approximate surface area is 311 Å². The van der Waals surface area contributed by atoms with E-state index in [1.54, 1.807) is 18.2 Å². The van der Waals surface area contributed by atoms with Crippen molar-refractivity contribution in [3.8, 4) is 50.3 Å². The van der Waals surface area contributed by atoms with Gasteiger partial charge in [-0.3, -0.25) is 0 Å². The lowest BCUT2D eigenvalue weighted by molar-refractivity contribution is -0.274. The maximum atomic E-state index is 13.9. The number of halogens is 6. The van der Waals surface area contributed by atoms with E-state index in [9.17, 15) is 26.3 Å². The predicted octanol–water partition coefficient (Wildman–Crippen LogP) is 14.9. The molecule has 0 spiro atoms. The summed E-state index contributed by atoms with van der Waals surface area (Å²) < 4.78 is 84.8. The maximum Gasteiger partial charge on any atom is 0.573 e. The Morgan fingerprint density at radius 1 is 0.345 bits per heavy atom. The van der Waals surface area contributed by atoms with Crippen LogP contribution in [0.25, 0.3) is 87.6 Å². The highest BCUT2D eigenvalue weighted by Gasteiger charge is 2.32. The number of benzene rings is 9. The lowest BCUT2D eigenvalue weighted by Crippen LogP contribution is -2.16. The summed E-state index contributed by atoms with van der Waals surface area (Å²) >= 11 is 0. The highest BCUT2D eigenvalue weighted by molar-refractivity contribution is 6.26. The van der Waals surface area contributed by atoms with Crippen molar-refractivity contribution in [2.24, 2.45) is 0 Å². The van der Waals surface area contributed by atoms with Crippen LogP contribution in [-0.2, 0) is 6.18 Å². The van der Waals surface area contributed by atoms with Crippen molar-refractivity contribution < 1.29 is 31.1 Å². The fourth-order valence-electron chi connectivity index (χ4n) is 7.78. The van der Waals surface area contributed by atoms with Gasteiger partial charge in [0.15, 0.2) is 0 Å². The van der Waals surface area contributed by atoms with Gasteiger partial charge in [-0.05, 0) is 124 Å². The first kappa shape index (κ1) is 34.2. The van der Waals surface area contributed by atoms with Crippen molar-refractivity contribution in [1.29, 1.82) is 0 Å². The predicted molar refractivity (Wildman–Crippen MR) is 210 cm³/mol. The third-order valence-corrected chi connectivity index (χ3v) is 10.2. The average molecular weight is 735 g/mol. The smallest absolute Gasteiger partial charge is 0.406 e. The van der Waals surface area contributed by atoms with E-state index in [-0.39, 0.29) is 5.75 Å². The van der Waals surface area contributed by atoms with Gasteiger partial charge in [0.1, 0.15) is 5.75 Å². The molecule has 0 amide bonds. The lowest BCUT2D eigenvalue weighted by atomic mass is 9.82. The second-order valence-electron chi connectivity index (χ2n) is 13.5. The van der Waals surface area contributed by atoms with E-state index in [0.29, 0.717) is 16.7 Å². The molecule has 0 aromatic heterocycles. The van der Waals surface area contributed by atoms with E-state index in [4.69, 9.17) is 0 Å². The Balaban J connectivity index is 1.40. The maximum absolute atomic E-state index is 13.9. The molecule has 0 atom stereocenters. The first-order valence-corrected chi connectivity index (χ1v) is 17.6. The quantitative estimate of drug-likeness (QED) is 0.126. The summed E-state index contributed by atoms with van der Waals surface area (Å²) in [5.74, 6) is -0.311. The molecule has 0 N–H and O–H groups in total. The monoisotopic (exact) mass is 734 g/mol. The Bertz CT molecular complexity index is 2910. The number of hydrogen-bond acceptors (Lipinski definition) is 1. The van der Waals surface area contributed by atoms with Crippen LogP contribution in [0.15, 0.2) is 170 Å². The summed E-state index contributed by atoms with van der Waals surface area (Å²) in [6, 6.07) is 51.5. The Morgan fingerprint density at radius 2 is 0.800 bits per heavy atom. The summed E-state index contributed by atoms with van der Waals surface area (Å²) in [5.41, 5.74) is 5.63. The van der Waals surface area contributed by atoms with Crippen LogP contribution in [0.3, 0.4) is 0 Å². The van der Waals surface area contributed by atoms with Gasteiger partial charge in [0.2, 0.25) is 0 Å². The van der Waals surface area contributed by atoms with Crippen molar-refractivity contribution in [2.75, 3.05) is 0 Å². The first-order valence-electron chi connectivity index (χ1n) is 17.6. The number of hydrogen-bond donors (Lipinski definition) is 0. The van der Waals surface area contributed by atoms with Crippen LogP contribution in [0.5, 0.6) is 5.75 Å². The molecule has 9 rings (SSSR count). The van der Waals surface area contributed by atoms with Gasteiger partial charge >= 0.3 is 12.5 Å². The van der Waals surface area contributed by atoms with Crippen molar-refractivity contribution in [2.45, 2.75) is 12.5 Å². The van der Waals surface area contributed by atoms with Crippen LogP contribution in [0, 0.1) is 0 Å². The average Bonchev–Trinajstić information content (AvgIpc) is 3.19. The number of fused-ring (bicyclic) bond motifs is 4. The second-order valence-corrected chi connectivity index (χ2v) is 13.5. The van der Waals surface area contributed by atoms with Crippen molar-refractivity contribution in [3.05, 3.63) is 175 Å². The van der Waals surface area contributed by atoms with Gasteiger partial charge in [-0.2, -0.15) is 13.2 Å². The summed E-state index contributed by atoms with van der Waals surface area (Å²) in [7, 11) is 0. The standard InChI is InChI=1S/C48H28F6O/c49-47(50,51)35-13-5-12-32(26-35)34-21-25-42-44(28-34)46(40-17-7-11-31-9-2-4-15-38(31)40)41-24-20-33(29-18-22-36(23-19-29)55-48(52,53)54)27-43(41)45(42)39-16-6-10-30-8-1-3-14-37(30)39/h1-28H. The number of rotatable bonds is 5. The molecule has 1 nitrogen and oxygen atoms in total. The Hall–Kier alpha value is -6.60. The largest absolute Gasteiger partial charge is 0.573 e. The zero-order valence-electron chi connectivity index (χ0n) is 28.8. The minimum Gasteiger partial charge on any atom is -0.406 e. The fourth-order valence-corrected chi connectivity index (χ4v) is 7.78. The molecule has 7 heteroatoms. The van der Waals surface area contributed by atoms with Crippen LogP contribution in [-0.4, -0.2) is 6.36 Å². The van der Waals surface area contributed by atoms with E-state index >= 15 is 0 Å². The molecule has 0 aliphatic carbocycles. The third-order valence-electron chi connectivity index (χ3n) is 10.2. The van der Waals surface area contributed by atoms with Gasteiger partial charge in [-0.15, -0.1) is 13.2 Å². The van der Waals surface area contributed by atoms with Gasteiger partial charge in [0.25, 0.3) is 0 Å². The minimum atomic E-state index is -4.81. The molecule has 0 heterocycles. The van der Waals surface area contributed by atoms with Gasteiger partial charge < -0.3 is 4.74 Å². The minimum absolute atomic E-state index is 0.311. The van der Waals surface area contributed by atoms with Crippen LogP contribution >= 0.6 is 0 Å². The van der Waals surface area contributed by atoms with E-state index in [1.807, 2.05) is 78.9 Å². The molecule has 0 fully saturated rings. The molecule has 55 heavy (non-hydrogen) atoms. The molecule has 0 saturated heterocycles. The van der Waals surface area contributed by atoms with E-state index in [2.05, 4.69) is 47.2 Å². The topological polar surface area (TPSA) is 9.23 Å². The highest BCUT2D eigenvalue weighted by atomic mass is 19.4. The van der Waals surface area contributed by atoms with E-state index in [1.165, 1.54) is 24.3 Å². The molecule has 0 saturated carbocycles. The van der Waals surface area contributed by atoms with Crippen molar-refractivity contribution in [1.82, 2.24) is 0 Å². The molecule has 9 aromatic rings. The van der Waals surface area contributed by atoms with Crippen LogP contribution < -0.4 is 4.74 Å². The van der Waals surface area contributed by atoms with Crippen LogP contribution in [0.4, 0.5) is 26.3 Å². The Kier molecular flexibility index (Phi) is 8.12. The molecule has 0 bridgehead atoms. The zero-order valence-corrected chi connectivity index (χ0v) is 28.8. The highest BCUT2D eigenvalue weighted by Crippen LogP contribution is 2.48. The fraction of sp³-hybridized carbons (Fsp3) is 0.0417. The molecular weight excluding hydrogens is 707 g/mol. The molecule has 0 radical (unpaired) electrons. The molecule has 0 aliphatic heterocycles. The van der Waals surface area contributed by atoms with Crippen molar-refractivity contribution >= 4 is 43.1 Å². The summed E-state index contributed by atoms with van der Waals surface area (Å²) in [6.45, 7) is 0. The molecule has 9 aromatic carbocycles. The van der Waals surface area contributed by atoms with Gasteiger partial charge in [0.05, 0.1) is 5.56 Å². The van der Waals surface area contributed by atoms with Gasteiger partial charge in [0, 0.05) is 0 Å². The molecule has 0 aliphatic rings. The first-order chi connectivity index (χ1) is 26.5. The molecule has 0 unspecified atom stereocenters. The lowest BCUT2D eigenvalue weighted by Gasteiger charge is -2.21. The number of ether oxygens (including phenoxy) is 1. The van der Waals surface area contributed by atoms with E-state index < -0.39 is 18.1 Å². The SMILES string of the molecule is FC(F)(F)Oc1ccc(-c2ccc3c(-c4cccc5ccccc45)c4cc(-c5cccc(C(F)(F)F)c5)ccc4c(-c4cccc5ccccc45)c3c2)cc1. The van der Waals surface area contributed by atoms with Crippen LogP contribution in [0.2, 0.25) is 0 Å². The van der Waals surface area contributed by atoms with Gasteiger partial charge in [-0.25, -0.2) is 0 Å². The number of alkyl halides is 6. The second kappa shape index (κ2) is 13.1. The van der Waals surface area contributed by atoms with E-state index in [0.717, 1.165) is 77.0 Å². The van der Waals surface area contributed by atoms with Crippen LogP contribution in [0.1, 0.15) is 5.56 Å². The summed E-state index contributed by atoms with van der Waals surface area (Å²) in [5, 5.41) is 7.69. The molecular formula is C48H28F6O. The normalized spacial score (nSPS) is 12.2. The van der Waals surface area contributed by atoms with Crippen molar-refractivity contribution in [3.63, 3.8) is 0 Å². The molecule has 268 valence electrons. The summed E-state index contributed by atoms with van der Waals surface area (Å²) in [6.07, 6.45) is -9.31. The van der Waals surface area contributed by atoms with Gasteiger partial charge in [-0.1, -0.05) is 133 Å². The third kappa shape index (κ3) is 6.31. The Morgan fingerprint density at radius 3 is 1.33 bits per heavy atom. The zero-order chi connectivity index (χ0) is 37.9.